The minimum absolute atomic E-state index is 0.0858. The molecule has 0 spiro atoms. The Bertz CT molecular complexity index is 349. The molecule has 23 heavy (non-hydrogen) atoms. The molecular weight excluding hydrogens is 290 g/mol. The quantitative estimate of drug-likeness (QED) is 0.289. The number of amides is 1. The van der Waals surface area contributed by atoms with E-state index < -0.39 is 5.60 Å². The maximum Gasteiger partial charge on any atom is 0.223 e. The molecule has 138 valence electrons. The van der Waals surface area contributed by atoms with Crippen LogP contribution in [0.5, 0.6) is 0 Å². The van der Waals surface area contributed by atoms with Crippen molar-refractivity contribution < 1.29 is 14.9 Å². The van der Waals surface area contributed by atoms with Crippen molar-refractivity contribution in [2.45, 2.75) is 111 Å². The molecule has 1 amide bonds. The van der Waals surface area contributed by atoms with E-state index in [4.69, 9.17) is 5.26 Å². The SMILES string of the molecule is CCCCC(C)(C)CCCCC(C)(C)NC(=O)CC(C)(C)OO. The van der Waals surface area contributed by atoms with Gasteiger partial charge in [0.1, 0.15) is 5.60 Å². The van der Waals surface area contributed by atoms with Crippen molar-refractivity contribution >= 4 is 5.91 Å². The number of nitrogens with one attached hydrogen (secondary N) is 1. The van der Waals surface area contributed by atoms with Gasteiger partial charge in [-0.05, 0) is 52.4 Å². The predicted octanol–water partition coefficient (Wildman–Crippen LogP) is 5.32. The highest BCUT2D eigenvalue weighted by Gasteiger charge is 2.27. The van der Waals surface area contributed by atoms with Crippen molar-refractivity contribution in [1.82, 2.24) is 5.32 Å². The predicted molar refractivity (Wildman–Crippen MR) is 96.4 cm³/mol. The van der Waals surface area contributed by atoms with Crippen LogP contribution in [0.1, 0.15) is 99.8 Å². The van der Waals surface area contributed by atoms with Crippen molar-refractivity contribution in [1.29, 1.82) is 0 Å². The molecule has 4 heteroatoms. The van der Waals surface area contributed by atoms with Crippen LogP contribution in [-0.4, -0.2) is 22.3 Å². The zero-order valence-corrected chi connectivity index (χ0v) is 16.4. The fourth-order valence-electron chi connectivity index (χ4n) is 2.85. The Morgan fingerprint density at radius 3 is 2.00 bits per heavy atom. The third kappa shape index (κ3) is 11.5. The second kappa shape index (κ2) is 9.63. The lowest BCUT2D eigenvalue weighted by Crippen LogP contribution is -2.45. The van der Waals surface area contributed by atoms with E-state index in [1.54, 1.807) is 13.8 Å². The smallest absolute Gasteiger partial charge is 0.223 e. The monoisotopic (exact) mass is 329 g/mol. The Morgan fingerprint density at radius 1 is 0.957 bits per heavy atom. The van der Waals surface area contributed by atoms with Crippen LogP contribution in [0.15, 0.2) is 0 Å². The summed E-state index contributed by atoms with van der Waals surface area (Å²) in [5, 5.41) is 11.8. The standard InChI is InChI=1S/C19H39NO3/c1-8-9-12-17(2,3)13-10-11-14-18(4,5)20-16(21)15-19(6,7)23-22/h22H,8-15H2,1-7H3,(H,20,21). The molecule has 0 bridgehead atoms. The number of hydrogen-bond donors (Lipinski definition) is 2. The maximum atomic E-state index is 12.0. The first-order valence-corrected chi connectivity index (χ1v) is 9.07. The molecule has 2 N–H and O–H groups in total. The topological polar surface area (TPSA) is 58.6 Å². The van der Waals surface area contributed by atoms with Gasteiger partial charge in [-0.2, -0.15) is 0 Å². The summed E-state index contributed by atoms with van der Waals surface area (Å²) in [7, 11) is 0. The highest BCUT2D eigenvalue weighted by Crippen LogP contribution is 2.30. The van der Waals surface area contributed by atoms with Gasteiger partial charge in [0, 0.05) is 5.54 Å². The minimum atomic E-state index is -0.844. The molecule has 0 aromatic carbocycles. The van der Waals surface area contributed by atoms with Gasteiger partial charge in [-0.25, -0.2) is 4.89 Å². The molecule has 0 rings (SSSR count). The first kappa shape index (κ1) is 22.4. The molecule has 0 saturated heterocycles. The van der Waals surface area contributed by atoms with Gasteiger partial charge in [0.25, 0.3) is 0 Å². The lowest BCUT2D eigenvalue weighted by atomic mass is 9.81. The van der Waals surface area contributed by atoms with Crippen LogP contribution in [0.2, 0.25) is 0 Å². The van der Waals surface area contributed by atoms with Gasteiger partial charge in [0.2, 0.25) is 5.91 Å². The van der Waals surface area contributed by atoms with E-state index >= 15 is 0 Å². The first-order chi connectivity index (χ1) is 10.4. The Labute approximate surface area is 143 Å². The summed E-state index contributed by atoms with van der Waals surface area (Å²) in [6, 6.07) is 0. The fraction of sp³-hybridized carbons (Fsp3) is 0.947. The van der Waals surface area contributed by atoms with Crippen LogP contribution in [0, 0.1) is 5.41 Å². The third-order valence-electron chi connectivity index (χ3n) is 4.42. The van der Waals surface area contributed by atoms with E-state index in [0.717, 1.165) is 12.8 Å². The summed E-state index contributed by atoms with van der Waals surface area (Å²) < 4.78 is 0. The van der Waals surface area contributed by atoms with Crippen molar-refractivity contribution in [3.05, 3.63) is 0 Å². The summed E-state index contributed by atoms with van der Waals surface area (Å²) in [6.45, 7) is 14.4. The molecular formula is C19H39NO3. The van der Waals surface area contributed by atoms with Crippen molar-refractivity contribution in [2.75, 3.05) is 0 Å². The van der Waals surface area contributed by atoms with Gasteiger partial charge >= 0.3 is 0 Å². The maximum absolute atomic E-state index is 12.0. The van der Waals surface area contributed by atoms with Gasteiger partial charge in [-0.3, -0.25) is 10.1 Å². The molecule has 0 aromatic heterocycles. The van der Waals surface area contributed by atoms with Crippen LogP contribution in [0.25, 0.3) is 0 Å². The van der Waals surface area contributed by atoms with Gasteiger partial charge in [0.15, 0.2) is 0 Å². The van der Waals surface area contributed by atoms with Crippen LogP contribution >= 0.6 is 0 Å². The molecule has 0 atom stereocenters. The van der Waals surface area contributed by atoms with E-state index in [1.165, 1.54) is 32.1 Å². The highest BCUT2D eigenvalue weighted by atomic mass is 17.1. The molecule has 0 fully saturated rings. The second-order valence-corrected chi connectivity index (χ2v) is 8.93. The van der Waals surface area contributed by atoms with Gasteiger partial charge < -0.3 is 5.32 Å². The number of rotatable bonds is 12. The summed E-state index contributed by atoms with van der Waals surface area (Å²) in [6.07, 6.45) is 8.51. The van der Waals surface area contributed by atoms with Gasteiger partial charge in [-0.15, -0.1) is 0 Å². The third-order valence-corrected chi connectivity index (χ3v) is 4.42. The second-order valence-electron chi connectivity index (χ2n) is 8.93. The van der Waals surface area contributed by atoms with Crippen LogP contribution in [0.3, 0.4) is 0 Å². The van der Waals surface area contributed by atoms with E-state index in [-0.39, 0.29) is 17.9 Å². The van der Waals surface area contributed by atoms with Crippen LogP contribution in [0.4, 0.5) is 0 Å². The van der Waals surface area contributed by atoms with Crippen LogP contribution < -0.4 is 5.32 Å². The zero-order valence-electron chi connectivity index (χ0n) is 16.4. The van der Waals surface area contributed by atoms with Crippen molar-refractivity contribution in [2.24, 2.45) is 5.41 Å². The van der Waals surface area contributed by atoms with E-state index in [1.807, 2.05) is 0 Å². The molecule has 4 nitrogen and oxygen atoms in total. The summed E-state index contributed by atoms with van der Waals surface area (Å²) in [5.41, 5.74) is -0.647. The number of carbonyl (C=O) groups is 1. The largest absolute Gasteiger partial charge is 0.351 e. The van der Waals surface area contributed by atoms with Crippen molar-refractivity contribution in [3.63, 3.8) is 0 Å². The fourth-order valence-corrected chi connectivity index (χ4v) is 2.85. The number of hydrogen-bond acceptors (Lipinski definition) is 3. The molecule has 0 radical (unpaired) electrons. The average Bonchev–Trinajstić information content (AvgIpc) is 2.40. The summed E-state index contributed by atoms with van der Waals surface area (Å²) >= 11 is 0. The average molecular weight is 330 g/mol. The Hall–Kier alpha value is -0.610. The zero-order chi connectivity index (χ0) is 18.1. The molecule has 0 aliphatic rings. The molecule has 0 aromatic rings. The lowest BCUT2D eigenvalue weighted by Gasteiger charge is -2.29. The molecule has 0 heterocycles. The van der Waals surface area contributed by atoms with E-state index in [0.29, 0.717) is 5.41 Å². The minimum Gasteiger partial charge on any atom is -0.351 e. The molecule has 0 aliphatic carbocycles. The molecule has 0 unspecified atom stereocenters. The Morgan fingerprint density at radius 2 is 1.48 bits per heavy atom. The Balaban J connectivity index is 4.11. The van der Waals surface area contributed by atoms with Crippen molar-refractivity contribution in [3.8, 4) is 0 Å². The van der Waals surface area contributed by atoms with Gasteiger partial charge in [-0.1, -0.05) is 46.5 Å². The highest BCUT2D eigenvalue weighted by molar-refractivity contribution is 5.77. The molecule has 0 saturated carbocycles. The van der Waals surface area contributed by atoms with E-state index in [2.05, 4.69) is 44.8 Å². The summed E-state index contributed by atoms with van der Waals surface area (Å²) in [4.78, 5) is 16.4. The van der Waals surface area contributed by atoms with Gasteiger partial charge in [0.05, 0.1) is 6.42 Å². The summed E-state index contributed by atoms with van der Waals surface area (Å²) in [5.74, 6) is -0.0858. The number of carbonyl (C=O) groups excluding carboxylic acids is 1. The van der Waals surface area contributed by atoms with E-state index in [9.17, 15) is 4.79 Å². The normalized spacial score (nSPS) is 13.2. The first-order valence-electron chi connectivity index (χ1n) is 9.07. The van der Waals surface area contributed by atoms with Crippen LogP contribution in [-0.2, 0) is 9.68 Å². The Kier molecular flexibility index (Phi) is 9.37. The number of unbranched alkanes of at least 4 members (excludes halogenated alkanes) is 2. The lowest BCUT2D eigenvalue weighted by molar-refractivity contribution is -0.312. The molecule has 0 aliphatic heterocycles.